The summed E-state index contributed by atoms with van der Waals surface area (Å²) in [5.41, 5.74) is 0.200. The lowest BCUT2D eigenvalue weighted by molar-refractivity contribution is -0.137. The van der Waals surface area contributed by atoms with Crippen molar-refractivity contribution in [1.82, 2.24) is 5.32 Å². The summed E-state index contributed by atoms with van der Waals surface area (Å²) in [6, 6.07) is 8.08. The molecule has 2 aromatic rings. The maximum atomic E-state index is 12.7. The smallest absolute Gasteiger partial charge is 0.416 e. The Balaban J connectivity index is 2.06. The van der Waals surface area contributed by atoms with Gasteiger partial charge in [-0.05, 0) is 29.3 Å². The van der Waals surface area contributed by atoms with Crippen LogP contribution in [0.5, 0.6) is 17.2 Å². The van der Waals surface area contributed by atoms with Gasteiger partial charge < -0.3 is 19.5 Å². The number of carbonyl (C=O) groups excluding carboxylic acids is 1. The molecule has 0 heterocycles. The number of benzene rings is 2. The number of carbonyl (C=O) groups is 1. The Kier molecular flexibility index (Phi) is 6.55. The van der Waals surface area contributed by atoms with Crippen LogP contribution in [0.4, 0.5) is 13.2 Å². The fourth-order valence-electron chi connectivity index (χ4n) is 2.54. The van der Waals surface area contributed by atoms with Crippen LogP contribution in [-0.2, 0) is 23.9 Å². The minimum absolute atomic E-state index is 0.158. The molecule has 1 N–H and O–H groups in total. The van der Waals surface area contributed by atoms with E-state index in [4.69, 9.17) is 14.2 Å². The van der Waals surface area contributed by atoms with Crippen LogP contribution in [0.3, 0.4) is 0 Å². The third-order valence-corrected chi connectivity index (χ3v) is 3.83. The van der Waals surface area contributed by atoms with Crippen molar-refractivity contribution in [3.8, 4) is 17.2 Å². The molecule has 0 bridgehead atoms. The van der Waals surface area contributed by atoms with Crippen LogP contribution >= 0.6 is 0 Å². The molecule has 8 heteroatoms. The van der Waals surface area contributed by atoms with Crippen molar-refractivity contribution in [1.29, 1.82) is 0 Å². The highest BCUT2D eigenvalue weighted by atomic mass is 19.4. The Morgan fingerprint density at radius 3 is 2.11 bits per heavy atom. The van der Waals surface area contributed by atoms with Crippen molar-refractivity contribution >= 4 is 5.91 Å². The summed E-state index contributed by atoms with van der Waals surface area (Å²) >= 11 is 0. The van der Waals surface area contributed by atoms with Crippen molar-refractivity contribution in [2.24, 2.45) is 0 Å². The lowest BCUT2D eigenvalue weighted by atomic mass is 10.1. The highest BCUT2D eigenvalue weighted by molar-refractivity contribution is 5.78. The second-order valence-corrected chi connectivity index (χ2v) is 5.69. The lowest BCUT2D eigenvalue weighted by Gasteiger charge is -2.14. The second kappa shape index (κ2) is 8.66. The Labute approximate surface area is 155 Å². The molecule has 146 valence electrons. The predicted octanol–water partition coefficient (Wildman–Crippen LogP) is 3.59. The van der Waals surface area contributed by atoms with E-state index in [9.17, 15) is 18.0 Å². The van der Waals surface area contributed by atoms with Gasteiger partial charge in [0.2, 0.25) is 11.7 Å². The molecule has 0 spiro atoms. The Morgan fingerprint density at radius 2 is 1.59 bits per heavy atom. The molecule has 0 saturated heterocycles. The van der Waals surface area contributed by atoms with Gasteiger partial charge in [-0.3, -0.25) is 4.79 Å². The number of halogens is 3. The largest absolute Gasteiger partial charge is 0.493 e. The molecule has 0 unspecified atom stereocenters. The molecule has 0 aliphatic carbocycles. The fraction of sp³-hybridized carbons (Fsp3) is 0.316. The minimum atomic E-state index is -4.44. The van der Waals surface area contributed by atoms with Crippen molar-refractivity contribution in [2.75, 3.05) is 21.3 Å². The van der Waals surface area contributed by atoms with E-state index in [1.807, 2.05) is 0 Å². The molecule has 0 aliphatic heterocycles. The topological polar surface area (TPSA) is 56.8 Å². The first-order valence-corrected chi connectivity index (χ1v) is 8.00. The van der Waals surface area contributed by atoms with Crippen LogP contribution in [0.2, 0.25) is 0 Å². The highest BCUT2D eigenvalue weighted by Gasteiger charge is 2.30. The van der Waals surface area contributed by atoms with Crippen LogP contribution in [0.1, 0.15) is 16.7 Å². The molecule has 0 aromatic heterocycles. The van der Waals surface area contributed by atoms with Crippen LogP contribution in [-0.4, -0.2) is 27.2 Å². The number of nitrogens with one attached hydrogen (secondary N) is 1. The van der Waals surface area contributed by atoms with E-state index in [0.717, 1.165) is 12.1 Å². The maximum Gasteiger partial charge on any atom is 0.416 e. The van der Waals surface area contributed by atoms with Gasteiger partial charge in [-0.15, -0.1) is 0 Å². The number of alkyl halides is 3. The van der Waals surface area contributed by atoms with Crippen molar-refractivity contribution in [3.63, 3.8) is 0 Å². The standard InChI is InChI=1S/C19H20F3NO4/c1-25-15-8-13(9-16(26-2)18(15)27-3)11-23-17(24)10-12-5-4-6-14(7-12)19(20,21)22/h4-9H,10-11H2,1-3H3,(H,23,24). The molecule has 0 fully saturated rings. The summed E-state index contributed by atoms with van der Waals surface area (Å²) in [6.07, 6.45) is -4.60. The lowest BCUT2D eigenvalue weighted by Crippen LogP contribution is -2.24. The van der Waals surface area contributed by atoms with Gasteiger partial charge in [0.1, 0.15) is 0 Å². The normalized spacial score (nSPS) is 11.0. The summed E-state index contributed by atoms with van der Waals surface area (Å²) < 4.78 is 53.9. The molecule has 27 heavy (non-hydrogen) atoms. The average molecular weight is 383 g/mol. The first kappa shape index (κ1) is 20.4. The molecule has 5 nitrogen and oxygen atoms in total. The van der Waals surface area contributed by atoms with E-state index in [1.54, 1.807) is 12.1 Å². The summed E-state index contributed by atoms with van der Waals surface area (Å²) in [6.45, 7) is 0.161. The highest BCUT2D eigenvalue weighted by Crippen LogP contribution is 2.38. The zero-order valence-electron chi connectivity index (χ0n) is 15.1. The molecule has 2 aromatic carbocycles. The van der Waals surface area contributed by atoms with Crippen molar-refractivity contribution in [3.05, 3.63) is 53.1 Å². The van der Waals surface area contributed by atoms with E-state index < -0.39 is 17.6 Å². The van der Waals surface area contributed by atoms with Gasteiger partial charge in [0, 0.05) is 6.54 Å². The van der Waals surface area contributed by atoms with Crippen molar-refractivity contribution in [2.45, 2.75) is 19.1 Å². The third-order valence-electron chi connectivity index (χ3n) is 3.83. The van der Waals surface area contributed by atoms with E-state index in [2.05, 4.69) is 5.32 Å². The molecule has 0 radical (unpaired) electrons. The molecule has 2 rings (SSSR count). The first-order chi connectivity index (χ1) is 12.8. The van der Waals surface area contributed by atoms with Crippen LogP contribution < -0.4 is 19.5 Å². The van der Waals surface area contributed by atoms with E-state index >= 15 is 0 Å². The number of ether oxygens (including phenoxy) is 3. The summed E-state index contributed by atoms with van der Waals surface area (Å²) in [4.78, 5) is 12.1. The van der Waals surface area contributed by atoms with E-state index in [1.165, 1.54) is 33.5 Å². The van der Waals surface area contributed by atoms with Gasteiger partial charge in [0.25, 0.3) is 0 Å². The molecule has 1 amide bonds. The zero-order chi connectivity index (χ0) is 20.0. The molecule has 0 atom stereocenters. The minimum Gasteiger partial charge on any atom is -0.493 e. The van der Waals surface area contributed by atoms with Gasteiger partial charge in [0.05, 0.1) is 33.3 Å². The third kappa shape index (κ3) is 5.29. The predicted molar refractivity (Wildman–Crippen MR) is 93.1 cm³/mol. The maximum absolute atomic E-state index is 12.7. The Hall–Kier alpha value is -2.90. The Morgan fingerprint density at radius 1 is 0.963 bits per heavy atom. The van der Waals surface area contributed by atoms with E-state index in [-0.39, 0.29) is 18.5 Å². The quantitative estimate of drug-likeness (QED) is 0.794. The van der Waals surface area contributed by atoms with Gasteiger partial charge in [0.15, 0.2) is 11.5 Å². The molecule has 0 saturated carbocycles. The fourth-order valence-corrected chi connectivity index (χ4v) is 2.54. The van der Waals surface area contributed by atoms with Crippen LogP contribution in [0.25, 0.3) is 0 Å². The van der Waals surface area contributed by atoms with Gasteiger partial charge in [-0.25, -0.2) is 0 Å². The SMILES string of the molecule is COc1cc(CNC(=O)Cc2cccc(C(F)(F)F)c2)cc(OC)c1OC. The number of hydrogen-bond donors (Lipinski definition) is 1. The second-order valence-electron chi connectivity index (χ2n) is 5.69. The average Bonchev–Trinajstić information content (AvgIpc) is 2.64. The first-order valence-electron chi connectivity index (χ1n) is 8.00. The molecular formula is C19H20F3NO4. The number of amides is 1. The number of hydrogen-bond acceptors (Lipinski definition) is 4. The molecular weight excluding hydrogens is 363 g/mol. The van der Waals surface area contributed by atoms with E-state index in [0.29, 0.717) is 22.8 Å². The van der Waals surface area contributed by atoms with Gasteiger partial charge >= 0.3 is 6.18 Å². The zero-order valence-corrected chi connectivity index (χ0v) is 15.1. The monoisotopic (exact) mass is 383 g/mol. The van der Waals surface area contributed by atoms with Crippen molar-refractivity contribution < 1.29 is 32.2 Å². The Bertz CT molecular complexity index is 781. The summed E-state index contributed by atoms with van der Waals surface area (Å²) in [7, 11) is 4.44. The summed E-state index contributed by atoms with van der Waals surface area (Å²) in [5.74, 6) is 0.917. The van der Waals surface area contributed by atoms with Gasteiger partial charge in [-0.1, -0.05) is 18.2 Å². The number of methoxy groups -OCH3 is 3. The number of rotatable bonds is 7. The van der Waals surface area contributed by atoms with Crippen LogP contribution in [0.15, 0.2) is 36.4 Å². The molecule has 0 aliphatic rings. The summed E-state index contributed by atoms with van der Waals surface area (Å²) in [5, 5.41) is 2.67. The van der Waals surface area contributed by atoms with Gasteiger partial charge in [-0.2, -0.15) is 13.2 Å². The van der Waals surface area contributed by atoms with Crippen LogP contribution in [0, 0.1) is 0 Å².